The van der Waals surface area contributed by atoms with Gasteiger partial charge < -0.3 is 9.73 Å². The van der Waals surface area contributed by atoms with Crippen LogP contribution in [0, 0.1) is 13.8 Å². The van der Waals surface area contributed by atoms with Crippen LogP contribution in [0.5, 0.6) is 0 Å². The van der Waals surface area contributed by atoms with Crippen molar-refractivity contribution in [1.82, 2.24) is 0 Å². The Morgan fingerprint density at radius 3 is 2.30 bits per heavy atom. The number of aryl methyl sites for hydroxylation is 2. The molecule has 1 N–H and O–H groups in total. The van der Waals surface area contributed by atoms with Crippen LogP contribution in [0.15, 0.2) is 63.5 Å². The minimum absolute atomic E-state index is 0.174. The summed E-state index contributed by atoms with van der Waals surface area (Å²) in [6.07, 6.45) is 0. The number of carbonyl (C=O) groups excluding carboxylic acids is 1. The molecule has 0 saturated heterocycles. The molecule has 2 aromatic carbocycles. The van der Waals surface area contributed by atoms with Gasteiger partial charge in [0.2, 0.25) is 0 Å². The number of rotatable bonds is 3. The molecule has 0 bridgehead atoms. The summed E-state index contributed by atoms with van der Waals surface area (Å²) in [7, 11) is 0. The minimum atomic E-state index is -0.174. The molecule has 0 spiro atoms. The summed E-state index contributed by atoms with van der Waals surface area (Å²) in [6, 6.07) is 17.3. The Bertz CT molecular complexity index is 833. The normalized spacial score (nSPS) is 10.6. The summed E-state index contributed by atoms with van der Waals surface area (Å²) in [5.41, 5.74) is 3.44. The lowest BCUT2D eigenvalue weighted by Crippen LogP contribution is -2.11. The molecule has 0 fully saturated rings. The largest absolute Gasteiger partial charge is 0.461 e. The first-order valence-electron chi connectivity index (χ1n) is 7.27. The molecule has 1 amide bonds. The summed E-state index contributed by atoms with van der Waals surface area (Å²) in [6.45, 7) is 3.84. The maximum atomic E-state index is 12.4. The SMILES string of the molecule is Cc1ccc(-c2cc(C(=O)Nc3ccc(Br)cc3)c(C)o2)cc1. The van der Waals surface area contributed by atoms with Crippen molar-refractivity contribution in [2.24, 2.45) is 0 Å². The molecule has 0 atom stereocenters. The molecule has 0 unspecified atom stereocenters. The second-order valence-electron chi connectivity index (χ2n) is 5.41. The first kappa shape index (κ1) is 15.6. The third-order valence-corrected chi connectivity index (χ3v) is 4.13. The van der Waals surface area contributed by atoms with Crippen molar-refractivity contribution in [3.63, 3.8) is 0 Å². The number of nitrogens with one attached hydrogen (secondary N) is 1. The minimum Gasteiger partial charge on any atom is -0.461 e. The number of halogens is 1. The Kier molecular flexibility index (Phi) is 4.35. The molecule has 4 heteroatoms. The maximum absolute atomic E-state index is 12.4. The van der Waals surface area contributed by atoms with Gasteiger partial charge in [-0.05, 0) is 44.2 Å². The number of anilines is 1. The lowest BCUT2D eigenvalue weighted by atomic mass is 10.1. The van der Waals surface area contributed by atoms with E-state index in [1.54, 1.807) is 13.0 Å². The Morgan fingerprint density at radius 2 is 1.65 bits per heavy atom. The number of carbonyl (C=O) groups is 1. The monoisotopic (exact) mass is 369 g/mol. The van der Waals surface area contributed by atoms with Gasteiger partial charge in [-0.15, -0.1) is 0 Å². The Balaban J connectivity index is 1.84. The fraction of sp³-hybridized carbons (Fsp3) is 0.105. The average molecular weight is 370 g/mol. The second kappa shape index (κ2) is 6.42. The van der Waals surface area contributed by atoms with E-state index in [1.165, 1.54) is 5.56 Å². The molecular formula is C19H16BrNO2. The van der Waals surface area contributed by atoms with Crippen molar-refractivity contribution in [2.45, 2.75) is 13.8 Å². The van der Waals surface area contributed by atoms with Gasteiger partial charge in [-0.1, -0.05) is 45.8 Å². The first-order valence-corrected chi connectivity index (χ1v) is 8.06. The van der Waals surface area contributed by atoms with Gasteiger partial charge in [-0.25, -0.2) is 0 Å². The molecule has 3 aromatic rings. The van der Waals surface area contributed by atoms with Crippen LogP contribution >= 0.6 is 15.9 Å². The van der Waals surface area contributed by atoms with E-state index in [9.17, 15) is 4.79 Å². The van der Waals surface area contributed by atoms with Crippen molar-refractivity contribution >= 4 is 27.5 Å². The summed E-state index contributed by atoms with van der Waals surface area (Å²) in [5, 5.41) is 2.88. The second-order valence-corrected chi connectivity index (χ2v) is 6.32. The fourth-order valence-electron chi connectivity index (χ4n) is 2.30. The molecule has 116 valence electrons. The van der Waals surface area contributed by atoms with Crippen molar-refractivity contribution < 1.29 is 9.21 Å². The quantitative estimate of drug-likeness (QED) is 0.654. The van der Waals surface area contributed by atoms with Crippen molar-refractivity contribution in [1.29, 1.82) is 0 Å². The summed E-state index contributed by atoms with van der Waals surface area (Å²) in [4.78, 5) is 12.4. The first-order chi connectivity index (χ1) is 11.0. The predicted molar refractivity (Wildman–Crippen MR) is 95.7 cm³/mol. The zero-order valence-corrected chi connectivity index (χ0v) is 14.5. The molecule has 1 aromatic heterocycles. The lowest BCUT2D eigenvalue weighted by Gasteiger charge is -2.03. The topological polar surface area (TPSA) is 42.2 Å². The van der Waals surface area contributed by atoms with E-state index in [0.717, 1.165) is 15.7 Å². The molecule has 0 aliphatic carbocycles. The van der Waals surface area contributed by atoms with E-state index in [-0.39, 0.29) is 5.91 Å². The summed E-state index contributed by atoms with van der Waals surface area (Å²) >= 11 is 3.37. The number of hydrogen-bond acceptors (Lipinski definition) is 2. The van der Waals surface area contributed by atoms with E-state index >= 15 is 0 Å². The van der Waals surface area contributed by atoms with Crippen LogP contribution in [0.2, 0.25) is 0 Å². The molecule has 3 rings (SSSR count). The van der Waals surface area contributed by atoms with Crippen LogP contribution in [0.25, 0.3) is 11.3 Å². The van der Waals surface area contributed by atoms with E-state index < -0.39 is 0 Å². The zero-order chi connectivity index (χ0) is 16.4. The van der Waals surface area contributed by atoms with Crippen LogP contribution < -0.4 is 5.32 Å². The Labute approximate surface area is 143 Å². The van der Waals surface area contributed by atoms with Crippen molar-refractivity contribution in [3.8, 4) is 11.3 Å². The molecule has 1 heterocycles. The van der Waals surface area contributed by atoms with Gasteiger partial charge in [0.1, 0.15) is 11.5 Å². The summed E-state index contributed by atoms with van der Waals surface area (Å²) in [5.74, 6) is 1.13. The number of benzene rings is 2. The zero-order valence-electron chi connectivity index (χ0n) is 12.9. The van der Waals surface area contributed by atoms with E-state index in [0.29, 0.717) is 17.1 Å². The smallest absolute Gasteiger partial charge is 0.259 e. The number of amides is 1. The van der Waals surface area contributed by atoms with Crippen LogP contribution in [0.4, 0.5) is 5.69 Å². The Morgan fingerprint density at radius 1 is 1.00 bits per heavy atom. The molecule has 0 aliphatic heterocycles. The molecule has 23 heavy (non-hydrogen) atoms. The highest BCUT2D eigenvalue weighted by molar-refractivity contribution is 9.10. The maximum Gasteiger partial charge on any atom is 0.259 e. The van der Waals surface area contributed by atoms with Gasteiger partial charge in [0.05, 0.1) is 5.56 Å². The van der Waals surface area contributed by atoms with Crippen LogP contribution in [0.1, 0.15) is 21.7 Å². The molecule has 0 radical (unpaired) electrons. The van der Waals surface area contributed by atoms with Crippen LogP contribution in [-0.4, -0.2) is 5.91 Å². The van der Waals surface area contributed by atoms with Gasteiger partial charge >= 0.3 is 0 Å². The van der Waals surface area contributed by atoms with Crippen molar-refractivity contribution in [3.05, 3.63) is 76.0 Å². The van der Waals surface area contributed by atoms with Gasteiger partial charge in [0.25, 0.3) is 5.91 Å². The summed E-state index contributed by atoms with van der Waals surface area (Å²) < 4.78 is 6.72. The number of hydrogen-bond donors (Lipinski definition) is 1. The highest BCUT2D eigenvalue weighted by atomic mass is 79.9. The van der Waals surface area contributed by atoms with Crippen LogP contribution in [0.3, 0.4) is 0 Å². The van der Waals surface area contributed by atoms with Gasteiger partial charge in [-0.3, -0.25) is 4.79 Å². The van der Waals surface area contributed by atoms with Gasteiger partial charge in [0, 0.05) is 15.7 Å². The average Bonchev–Trinajstić information content (AvgIpc) is 2.92. The van der Waals surface area contributed by atoms with E-state index in [1.807, 2.05) is 55.5 Å². The Hall–Kier alpha value is -2.33. The van der Waals surface area contributed by atoms with Crippen molar-refractivity contribution in [2.75, 3.05) is 5.32 Å². The van der Waals surface area contributed by atoms with Crippen LogP contribution in [-0.2, 0) is 0 Å². The van der Waals surface area contributed by atoms with Gasteiger partial charge in [-0.2, -0.15) is 0 Å². The third-order valence-electron chi connectivity index (χ3n) is 3.60. The highest BCUT2D eigenvalue weighted by Crippen LogP contribution is 2.26. The molecule has 3 nitrogen and oxygen atoms in total. The molecule has 0 saturated carbocycles. The highest BCUT2D eigenvalue weighted by Gasteiger charge is 2.16. The molecular weight excluding hydrogens is 354 g/mol. The lowest BCUT2D eigenvalue weighted by molar-refractivity contribution is 0.102. The fourth-order valence-corrected chi connectivity index (χ4v) is 2.56. The predicted octanol–water partition coefficient (Wildman–Crippen LogP) is 5.58. The van der Waals surface area contributed by atoms with E-state index in [4.69, 9.17) is 4.42 Å². The third kappa shape index (κ3) is 3.54. The van der Waals surface area contributed by atoms with E-state index in [2.05, 4.69) is 21.2 Å². The van der Waals surface area contributed by atoms with Gasteiger partial charge in [0.15, 0.2) is 0 Å². The standard InChI is InChI=1S/C19H16BrNO2/c1-12-3-5-14(6-4-12)18-11-17(13(2)23-18)19(22)21-16-9-7-15(20)8-10-16/h3-11H,1-2H3,(H,21,22). The molecule has 0 aliphatic rings. The number of furan rings is 1.